The molecule has 0 atom stereocenters. The molecule has 0 heterocycles. The van der Waals surface area contributed by atoms with Gasteiger partial charge >= 0.3 is 0 Å². The maximum absolute atomic E-state index is 2.58. The molecule has 0 N–H and O–H groups in total. The van der Waals surface area contributed by atoms with E-state index in [1.165, 1.54) is 57.8 Å². The quantitative estimate of drug-likeness (QED) is 0.528. The summed E-state index contributed by atoms with van der Waals surface area (Å²) in [5, 5.41) is 0. The molecule has 0 saturated heterocycles. The zero-order valence-electron chi connectivity index (χ0n) is 14.4. The highest BCUT2D eigenvalue weighted by molar-refractivity contribution is 4.94. The summed E-state index contributed by atoms with van der Waals surface area (Å²) in [5.41, 5.74) is 2.47. The lowest BCUT2D eigenvalue weighted by atomic mass is 9.56. The van der Waals surface area contributed by atoms with Gasteiger partial charge in [-0.05, 0) is 79.4 Å². The molecule has 19 heavy (non-hydrogen) atoms. The average molecular weight is 264 g/mol. The molecule has 0 nitrogen and oxygen atoms in total. The smallest absolute Gasteiger partial charge is 0.0320 e. The molecule has 2 aliphatic rings. The summed E-state index contributed by atoms with van der Waals surface area (Å²) in [6.45, 7) is 15.0. The monoisotopic (exact) mass is 264 g/mol. The number of rotatable bonds is 2. The molecule has 0 radical (unpaired) electrons. The van der Waals surface area contributed by atoms with E-state index in [0.717, 1.165) is 0 Å². The van der Waals surface area contributed by atoms with Crippen molar-refractivity contribution in [2.45, 2.75) is 99.3 Å². The fourth-order valence-corrected chi connectivity index (χ4v) is 4.44. The molecule has 0 heteroatoms. The second kappa shape index (κ2) is 4.78. The summed E-state index contributed by atoms with van der Waals surface area (Å²) in [6, 6.07) is 0. The molecular formula is C19H36. The van der Waals surface area contributed by atoms with Crippen LogP contribution in [0.15, 0.2) is 0 Å². The molecule has 0 amide bonds. The van der Waals surface area contributed by atoms with Gasteiger partial charge in [-0.3, -0.25) is 0 Å². The third kappa shape index (κ3) is 3.99. The predicted molar refractivity (Wildman–Crippen MR) is 85.3 cm³/mol. The first-order chi connectivity index (χ1) is 8.54. The standard InChI is InChI=1S/C19H36/c1-16(2)7-11-18(5,12-8-16)15-19(6)13-9-17(3,4)10-14-19/h7-15H2,1-6H3. The van der Waals surface area contributed by atoms with Gasteiger partial charge in [0.15, 0.2) is 0 Å². The first-order valence-electron chi connectivity index (χ1n) is 8.54. The van der Waals surface area contributed by atoms with Crippen LogP contribution in [0.3, 0.4) is 0 Å². The van der Waals surface area contributed by atoms with Crippen molar-refractivity contribution in [1.29, 1.82) is 0 Å². The van der Waals surface area contributed by atoms with Crippen LogP contribution in [0.2, 0.25) is 0 Å². The molecule has 0 aromatic rings. The maximum atomic E-state index is 2.58. The second-order valence-electron chi connectivity index (χ2n) is 10.1. The van der Waals surface area contributed by atoms with Crippen LogP contribution < -0.4 is 0 Å². The van der Waals surface area contributed by atoms with E-state index < -0.39 is 0 Å². The van der Waals surface area contributed by atoms with E-state index in [1.54, 1.807) is 0 Å². The largest absolute Gasteiger partial charge is 0.0599 e. The average Bonchev–Trinajstić information content (AvgIpc) is 2.29. The van der Waals surface area contributed by atoms with Crippen LogP contribution in [-0.4, -0.2) is 0 Å². The van der Waals surface area contributed by atoms with Crippen molar-refractivity contribution in [3.05, 3.63) is 0 Å². The minimum absolute atomic E-state index is 0.606. The van der Waals surface area contributed by atoms with Gasteiger partial charge in [-0.25, -0.2) is 0 Å². The molecule has 2 aliphatic carbocycles. The fourth-order valence-electron chi connectivity index (χ4n) is 4.44. The van der Waals surface area contributed by atoms with Crippen LogP contribution in [0.4, 0.5) is 0 Å². The van der Waals surface area contributed by atoms with Crippen molar-refractivity contribution in [2.24, 2.45) is 21.7 Å². The third-order valence-electron chi connectivity index (χ3n) is 6.47. The van der Waals surface area contributed by atoms with Gasteiger partial charge in [0, 0.05) is 0 Å². The summed E-state index contributed by atoms with van der Waals surface area (Å²) >= 11 is 0. The van der Waals surface area contributed by atoms with Gasteiger partial charge in [-0.2, -0.15) is 0 Å². The predicted octanol–water partition coefficient (Wildman–Crippen LogP) is 6.59. The Labute approximate surface area is 121 Å². The summed E-state index contributed by atoms with van der Waals surface area (Å²) in [7, 11) is 0. The van der Waals surface area contributed by atoms with Crippen molar-refractivity contribution < 1.29 is 0 Å². The molecule has 112 valence electrons. The van der Waals surface area contributed by atoms with Crippen molar-refractivity contribution in [3.8, 4) is 0 Å². The van der Waals surface area contributed by atoms with Crippen LogP contribution in [0.1, 0.15) is 99.3 Å². The Hall–Kier alpha value is 0. The molecule has 2 fully saturated rings. The van der Waals surface area contributed by atoms with Crippen LogP contribution in [0, 0.1) is 21.7 Å². The highest BCUT2D eigenvalue weighted by atomic mass is 14.5. The lowest BCUT2D eigenvalue weighted by Crippen LogP contribution is -2.37. The first-order valence-corrected chi connectivity index (χ1v) is 8.54. The van der Waals surface area contributed by atoms with E-state index in [0.29, 0.717) is 21.7 Å². The molecule has 0 unspecified atom stereocenters. The Balaban J connectivity index is 1.94. The third-order valence-corrected chi connectivity index (χ3v) is 6.47. The Kier molecular flexibility index (Phi) is 3.87. The number of hydrogen-bond acceptors (Lipinski definition) is 0. The molecule has 0 aromatic heterocycles. The van der Waals surface area contributed by atoms with E-state index in [9.17, 15) is 0 Å². The molecule has 2 rings (SSSR count). The van der Waals surface area contributed by atoms with Crippen LogP contribution in [0.5, 0.6) is 0 Å². The Morgan fingerprint density at radius 3 is 1.00 bits per heavy atom. The first kappa shape index (κ1) is 15.4. The Morgan fingerprint density at radius 1 is 0.474 bits per heavy atom. The van der Waals surface area contributed by atoms with Crippen molar-refractivity contribution >= 4 is 0 Å². The lowest BCUT2D eigenvalue weighted by Gasteiger charge is -2.49. The molecule has 2 saturated carbocycles. The second-order valence-corrected chi connectivity index (χ2v) is 10.1. The molecule has 0 aromatic carbocycles. The molecule has 0 bridgehead atoms. The van der Waals surface area contributed by atoms with Crippen LogP contribution in [-0.2, 0) is 0 Å². The zero-order chi connectivity index (χ0) is 14.4. The van der Waals surface area contributed by atoms with Gasteiger partial charge in [-0.1, -0.05) is 41.5 Å². The van der Waals surface area contributed by atoms with E-state index in [1.807, 2.05) is 0 Å². The molecule has 0 aliphatic heterocycles. The summed E-state index contributed by atoms with van der Waals surface area (Å²) in [5.74, 6) is 0. The molecule has 0 spiro atoms. The van der Waals surface area contributed by atoms with Crippen molar-refractivity contribution in [1.82, 2.24) is 0 Å². The van der Waals surface area contributed by atoms with E-state index in [2.05, 4.69) is 41.5 Å². The lowest BCUT2D eigenvalue weighted by molar-refractivity contribution is 0.0251. The number of hydrogen-bond donors (Lipinski definition) is 0. The summed E-state index contributed by atoms with van der Waals surface area (Å²) < 4.78 is 0. The van der Waals surface area contributed by atoms with Gasteiger partial charge in [0.05, 0.1) is 0 Å². The fraction of sp³-hybridized carbons (Fsp3) is 1.00. The molecular weight excluding hydrogens is 228 g/mol. The summed E-state index contributed by atoms with van der Waals surface area (Å²) in [6.07, 6.45) is 13.0. The van der Waals surface area contributed by atoms with Crippen molar-refractivity contribution in [3.63, 3.8) is 0 Å². The topological polar surface area (TPSA) is 0 Å². The Bertz CT molecular complexity index is 269. The normalized spacial score (nSPS) is 31.9. The van der Waals surface area contributed by atoms with E-state index in [-0.39, 0.29) is 0 Å². The van der Waals surface area contributed by atoms with Gasteiger partial charge < -0.3 is 0 Å². The van der Waals surface area contributed by atoms with Crippen molar-refractivity contribution in [2.75, 3.05) is 0 Å². The minimum Gasteiger partial charge on any atom is -0.0599 e. The van der Waals surface area contributed by atoms with E-state index >= 15 is 0 Å². The zero-order valence-corrected chi connectivity index (χ0v) is 14.4. The van der Waals surface area contributed by atoms with Crippen LogP contribution in [0.25, 0.3) is 0 Å². The van der Waals surface area contributed by atoms with Gasteiger partial charge in [0.25, 0.3) is 0 Å². The summed E-state index contributed by atoms with van der Waals surface area (Å²) in [4.78, 5) is 0. The maximum Gasteiger partial charge on any atom is -0.0320 e. The van der Waals surface area contributed by atoms with Gasteiger partial charge in [0.1, 0.15) is 0 Å². The Morgan fingerprint density at radius 2 is 0.737 bits per heavy atom. The SMILES string of the molecule is CC1(C)CCC(C)(CC2(C)CCC(C)(C)CC2)CC1. The van der Waals surface area contributed by atoms with Gasteiger partial charge in [0.2, 0.25) is 0 Å². The minimum atomic E-state index is 0.606. The van der Waals surface area contributed by atoms with Crippen LogP contribution >= 0.6 is 0 Å². The van der Waals surface area contributed by atoms with Gasteiger partial charge in [-0.15, -0.1) is 0 Å². The highest BCUT2D eigenvalue weighted by Gasteiger charge is 2.42. The highest BCUT2D eigenvalue weighted by Crippen LogP contribution is 2.55. The van der Waals surface area contributed by atoms with E-state index in [4.69, 9.17) is 0 Å².